The molecule has 2 aliphatic rings. The van der Waals surface area contributed by atoms with E-state index in [1.807, 2.05) is 0 Å². The normalized spacial score (nSPS) is 21.2. The number of benzene rings is 3. The van der Waals surface area contributed by atoms with Gasteiger partial charge in [-0.15, -0.1) is 24.8 Å². The van der Waals surface area contributed by atoms with Crippen LogP contribution in [0.15, 0.2) is 84.9 Å². The van der Waals surface area contributed by atoms with E-state index in [9.17, 15) is 0 Å². The summed E-state index contributed by atoms with van der Waals surface area (Å²) >= 11 is 0. The third-order valence-electron chi connectivity index (χ3n) is 6.17. The largest absolute Gasteiger partial charge is 0.296 e. The molecule has 0 radical (unpaired) electrons. The molecular weight excluding hydrogens is 399 g/mol. The molecule has 1 fully saturated rings. The molecule has 3 aromatic carbocycles. The van der Waals surface area contributed by atoms with Gasteiger partial charge in [-0.25, -0.2) is 0 Å². The van der Waals surface area contributed by atoms with E-state index in [1.165, 1.54) is 22.3 Å². The molecule has 152 valence electrons. The van der Waals surface area contributed by atoms with Crippen molar-refractivity contribution >= 4 is 24.8 Å². The molecule has 0 unspecified atom stereocenters. The SMILES string of the molecule is Cl.Cl.c1ccc(CN2CCN3C[C@@H](c4ccccc4)c4ccccc4[C@@H]3C2)cc1. The van der Waals surface area contributed by atoms with E-state index in [-0.39, 0.29) is 24.8 Å². The highest BCUT2D eigenvalue weighted by Gasteiger charge is 2.36. The first-order chi connectivity index (χ1) is 13.4. The fraction of sp³-hybridized carbons (Fsp3) is 0.280. The van der Waals surface area contributed by atoms with Crippen LogP contribution in [0.25, 0.3) is 0 Å². The van der Waals surface area contributed by atoms with Gasteiger partial charge in [-0.05, 0) is 22.3 Å². The number of rotatable bonds is 3. The minimum atomic E-state index is 0. The van der Waals surface area contributed by atoms with Gasteiger partial charge in [0.05, 0.1) is 0 Å². The molecule has 2 atom stereocenters. The van der Waals surface area contributed by atoms with Gasteiger partial charge in [0.1, 0.15) is 0 Å². The molecule has 2 heterocycles. The van der Waals surface area contributed by atoms with Crippen molar-refractivity contribution < 1.29 is 0 Å². The Kier molecular flexibility index (Phi) is 7.37. The van der Waals surface area contributed by atoms with E-state index in [0.717, 1.165) is 32.7 Å². The van der Waals surface area contributed by atoms with Crippen molar-refractivity contribution in [3.05, 3.63) is 107 Å². The molecule has 0 aliphatic carbocycles. The highest BCUT2D eigenvalue weighted by molar-refractivity contribution is 5.85. The fourth-order valence-corrected chi connectivity index (χ4v) is 4.81. The average molecular weight is 427 g/mol. The molecule has 4 heteroatoms. The molecule has 29 heavy (non-hydrogen) atoms. The molecule has 1 saturated heterocycles. The maximum Gasteiger partial charge on any atom is 0.0479 e. The number of nitrogens with zero attached hydrogens (tertiary/aromatic N) is 2. The lowest BCUT2D eigenvalue weighted by Gasteiger charge is -2.47. The van der Waals surface area contributed by atoms with Crippen LogP contribution in [-0.2, 0) is 6.54 Å². The second-order valence-corrected chi connectivity index (χ2v) is 7.82. The summed E-state index contributed by atoms with van der Waals surface area (Å²) in [5, 5.41) is 0. The highest BCUT2D eigenvalue weighted by atomic mass is 35.5. The quantitative estimate of drug-likeness (QED) is 0.542. The molecule has 0 N–H and O–H groups in total. The summed E-state index contributed by atoms with van der Waals surface area (Å²) in [5.41, 5.74) is 5.90. The molecule has 2 nitrogen and oxygen atoms in total. The zero-order valence-electron chi connectivity index (χ0n) is 16.5. The van der Waals surface area contributed by atoms with E-state index in [4.69, 9.17) is 0 Å². The minimum absolute atomic E-state index is 0. The summed E-state index contributed by atoms with van der Waals surface area (Å²) in [6.07, 6.45) is 0. The van der Waals surface area contributed by atoms with Crippen molar-refractivity contribution in [2.45, 2.75) is 18.5 Å². The topological polar surface area (TPSA) is 6.48 Å². The van der Waals surface area contributed by atoms with Crippen LogP contribution in [-0.4, -0.2) is 36.0 Å². The third kappa shape index (κ3) is 4.51. The van der Waals surface area contributed by atoms with Crippen molar-refractivity contribution in [3.8, 4) is 0 Å². The Balaban J connectivity index is 0.00000120. The number of hydrogen-bond donors (Lipinski definition) is 0. The van der Waals surface area contributed by atoms with Crippen LogP contribution in [0.4, 0.5) is 0 Å². The Labute approximate surface area is 186 Å². The average Bonchev–Trinajstić information content (AvgIpc) is 2.75. The standard InChI is InChI=1S/C25H26N2.2ClH/c1-3-9-20(10-4-1)17-26-15-16-27-18-24(21-11-5-2-6-12-21)22-13-7-8-14-23(22)25(27)19-26;;/h1-14,24-25H,15-19H2;2*1H/t24-,25-;;/m0../s1. The van der Waals surface area contributed by atoms with E-state index >= 15 is 0 Å². The Hall–Kier alpha value is -1.84. The molecule has 3 aromatic rings. The van der Waals surface area contributed by atoms with Crippen LogP contribution in [0, 0.1) is 0 Å². The lowest BCUT2D eigenvalue weighted by atomic mass is 9.80. The van der Waals surface area contributed by atoms with E-state index < -0.39 is 0 Å². The third-order valence-corrected chi connectivity index (χ3v) is 6.17. The molecule has 0 aromatic heterocycles. The first-order valence-electron chi connectivity index (χ1n) is 10.0. The summed E-state index contributed by atoms with van der Waals surface area (Å²) in [5.74, 6) is 0.485. The van der Waals surface area contributed by atoms with Crippen LogP contribution < -0.4 is 0 Å². The highest BCUT2D eigenvalue weighted by Crippen LogP contribution is 2.40. The number of halogens is 2. The predicted molar refractivity (Wildman–Crippen MR) is 125 cm³/mol. The van der Waals surface area contributed by atoms with Gasteiger partial charge in [0, 0.05) is 44.7 Å². The Morgan fingerprint density at radius 3 is 2.00 bits per heavy atom. The van der Waals surface area contributed by atoms with Crippen molar-refractivity contribution in [1.29, 1.82) is 0 Å². The zero-order chi connectivity index (χ0) is 18.1. The van der Waals surface area contributed by atoms with E-state index in [0.29, 0.717) is 12.0 Å². The molecule has 0 saturated carbocycles. The Morgan fingerprint density at radius 2 is 1.28 bits per heavy atom. The molecule has 0 spiro atoms. The Bertz CT molecular complexity index is 901. The monoisotopic (exact) mass is 426 g/mol. The van der Waals surface area contributed by atoms with Crippen LogP contribution >= 0.6 is 24.8 Å². The van der Waals surface area contributed by atoms with Gasteiger partial charge >= 0.3 is 0 Å². The van der Waals surface area contributed by atoms with Crippen molar-refractivity contribution in [2.24, 2.45) is 0 Å². The van der Waals surface area contributed by atoms with Crippen LogP contribution in [0.1, 0.15) is 34.2 Å². The van der Waals surface area contributed by atoms with Gasteiger partial charge in [-0.2, -0.15) is 0 Å². The van der Waals surface area contributed by atoms with Gasteiger partial charge in [0.2, 0.25) is 0 Å². The summed E-state index contributed by atoms with van der Waals surface area (Å²) in [6, 6.07) is 31.5. The van der Waals surface area contributed by atoms with Crippen LogP contribution in [0.3, 0.4) is 0 Å². The summed E-state index contributed by atoms with van der Waals surface area (Å²) in [6.45, 7) is 5.60. The molecule has 2 aliphatic heterocycles. The molecule has 5 rings (SSSR count). The maximum absolute atomic E-state index is 2.71. The second-order valence-electron chi connectivity index (χ2n) is 7.82. The lowest BCUT2D eigenvalue weighted by molar-refractivity contribution is 0.0585. The minimum Gasteiger partial charge on any atom is -0.296 e. The van der Waals surface area contributed by atoms with Crippen molar-refractivity contribution in [1.82, 2.24) is 9.80 Å². The van der Waals surface area contributed by atoms with Crippen molar-refractivity contribution in [2.75, 3.05) is 26.2 Å². The van der Waals surface area contributed by atoms with Gasteiger partial charge in [-0.3, -0.25) is 9.80 Å². The fourth-order valence-electron chi connectivity index (χ4n) is 4.81. The molecule has 0 amide bonds. The zero-order valence-corrected chi connectivity index (χ0v) is 18.1. The van der Waals surface area contributed by atoms with Crippen LogP contribution in [0.2, 0.25) is 0 Å². The maximum atomic E-state index is 2.71. The molecular formula is C25H28Cl2N2. The summed E-state index contributed by atoms with van der Waals surface area (Å²) in [4.78, 5) is 5.33. The first kappa shape index (κ1) is 21.9. The first-order valence-corrected chi connectivity index (χ1v) is 10.0. The smallest absolute Gasteiger partial charge is 0.0479 e. The van der Waals surface area contributed by atoms with Gasteiger partial charge in [-0.1, -0.05) is 84.9 Å². The molecule has 0 bridgehead atoms. The van der Waals surface area contributed by atoms with Gasteiger partial charge in [0.25, 0.3) is 0 Å². The Morgan fingerprint density at radius 1 is 0.655 bits per heavy atom. The summed E-state index contributed by atoms with van der Waals surface area (Å²) in [7, 11) is 0. The number of fused-ring (bicyclic) bond motifs is 3. The van der Waals surface area contributed by atoms with Gasteiger partial charge in [0.15, 0.2) is 0 Å². The van der Waals surface area contributed by atoms with E-state index in [2.05, 4.69) is 94.7 Å². The number of hydrogen-bond acceptors (Lipinski definition) is 2. The van der Waals surface area contributed by atoms with E-state index in [1.54, 1.807) is 0 Å². The second kappa shape index (κ2) is 9.77. The van der Waals surface area contributed by atoms with Crippen LogP contribution in [0.5, 0.6) is 0 Å². The lowest BCUT2D eigenvalue weighted by Crippen LogP contribution is -2.51. The van der Waals surface area contributed by atoms with Gasteiger partial charge < -0.3 is 0 Å². The van der Waals surface area contributed by atoms with Crippen molar-refractivity contribution in [3.63, 3.8) is 0 Å². The number of piperazine rings is 1. The summed E-state index contributed by atoms with van der Waals surface area (Å²) < 4.78 is 0. The predicted octanol–water partition coefficient (Wildman–Crippen LogP) is 5.53.